The van der Waals surface area contributed by atoms with E-state index in [9.17, 15) is 4.79 Å². The summed E-state index contributed by atoms with van der Waals surface area (Å²) in [5.41, 5.74) is 2.27. The van der Waals surface area contributed by atoms with Crippen LogP contribution in [-0.2, 0) is 11.3 Å². The van der Waals surface area contributed by atoms with E-state index in [2.05, 4.69) is 39.5 Å². The Bertz CT molecular complexity index is 690. The predicted octanol–water partition coefficient (Wildman–Crippen LogP) is 2.48. The maximum Gasteiger partial charge on any atom is 0.237 e. The number of aromatic nitrogens is 1. The molecule has 4 nitrogen and oxygen atoms in total. The van der Waals surface area contributed by atoms with Crippen molar-refractivity contribution in [2.45, 2.75) is 44.3 Å². The fourth-order valence-corrected chi connectivity index (χ4v) is 3.35. The summed E-state index contributed by atoms with van der Waals surface area (Å²) < 4.78 is 0. The normalized spacial score (nSPS) is 22.1. The summed E-state index contributed by atoms with van der Waals surface area (Å²) >= 11 is 0. The number of hydrogen-bond donors (Lipinski definition) is 1. The van der Waals surface area contributed by atoms with Gasteiger partial charge in [0.15, 0.2) is 0 Å². The standard InChI is InChI=1S/C18H21N3O/c22-18(20-15-8-9-15)16-7-3-11-21(16)12-14-5-1-4-13-6-2-10-19-17(13)14/h1-2,4-6,10,15-16H,3,7-9,11-12H2,(H,20,22). The van der Waals surface area contributed by atoms with Gasteiger partial charge in [0.25, 0.3) is 0 Å². The number of hydrogen-bond acceptors (Lipinski definition) is 3. The monoisotopic (exact) mass is 295 g/mol. The van der Waals surface area contributed by atoms with Gasteiger partial charge in [-0.15, -0.1) is 0 Å². The van der Waals surface area contributed by atoms with Gasteiger partial charge in [0.1, 0.15) is 0 Å². The number of amides is 1. The van der Waals surface area contributed by atoms with Gasteiger partial charge in [-0.25, -0.2) is 0 Å². The van der Waals surface area contributed by atoms with E-state index in [1.54, 1.807) is 0 Å². The van der Waals surface area contributed by atoms with Crippen LogP contribution in [0.3, 0.4) is 0 Å². The topological polar surface area (TPSA) is 45.2 Å². The quantitative estimate of drug-likeness (QED) is 0.942. The van der Waals surface area contributed by atoms with Crippen LogP contribution in [0.15, 0.2) is 36.5 Å². The average molecular weight is 295 g/mol. The summed E-state index contributed by atoms with van der Waals surface area (Å²) in [6.07, 6.45) is 6.20. The number of carbonyl (C=O) groups is 1. The molecule has 114 valence electrons. The predicted molar refractivity (Wildman–Crippen MR) is 86.3 cm³/mol. The molecule has 1 aliphatic carbocycles. The first-order chi connectivity index (χ1) is 10.8. The molecule has 2 aromatic rings. The van der Waals surface area contributed by atoms with Gasteiger partial charge in [-0.05, 0) is 43.9 Å². The van der Waals surface area contributed by atoms with Gasteiger partial charge in [-0.3, -0.25) is 14.7 Å². The number of pyridine rings is 1. The summed E-state index contributed by atoms with van der Waals surface area (Å²) in [5, 5.41) is 4.32. The van der Waals surface area contributed by atoms with Crippen LogP contribution in [0.25, 0.3) is 10.9 Å². The van der Waals surface area contributed by atoms with Crippen LogP contribution in [-0.4, -0.2) is 34.4 Å². The molecule has 0 bridgehead atoms. The minimum Gasteiger partial charge on any atom is -0.352 e. The summed E-state index contributed by atoms with van der Waals surface area (Å²) in [6.45, 7) is 1.79. The van der Waals surface area contributed by atoms with Crippen molar-refractivity contribution in [3.8, 4) is 0 Å². The van der Waals surface area contributed by atoms with E-state index in [4.69, 9.17) is 0 Å². The van der Waals surface area contributed by atoms with Crippen LogP contribution in [0.2, 0.25) is 0 Å². The molecule has 2 aliphatic rings. The number of carbonyl (C=O) groups excluding carboxylic acids is 1. The Balaban J connectivity index is 1.54. The first-order valence-corrected chi connectivity index (χ1v) is 8.18. The molecule has 22 heavy (non-hydrogen) atoms. The zero-order valence-corrected chi connectivity index (χ0v) is 12.7. The Morgan fingerprint density at radius 3 is 2.95 bits per heavy atom. The van der Waals surface area contributed by atoms with E-state index in [0.717, 1.165) is 49.7 Å². The molecule has 1 aromatic heterocycles. The molecule has 2 heterocycles. The van der Waals surface area contributed by atoms with E-state index >= 15 is 0 Å². The number of para-hydroxylation sites is 1. The largest absolute Gasteiger partial charge is 0.352 e. The average Bonchev–Trinajstić information content (AvgIpc) is 3.23. The number of nitrogens with zero attached hydrogens (tertiary/aromatic N) is 2. The Labute approximate surface area is 130 Å². The van der Waals surface area contributed by atoms with Crippen molar-refractivity contribution in [1.29, 1.82) is 0 Å². The van der Waals surface area contributed by atoms with Crippen LogP contribution < -0.4 is 5.32 Å². The molecular weight excluding hydrogens is 274 g/mol. The summed E-state index contributed by atoms with van der Waals surface area (Å²) in [6, 6.07) is 10.8. The zero-order chi connectivity index (χ0) is 14.9. The van der Waals surface area contributed by atoms with Crippen molar-refractivity contribution in [3.05, 3.63) is 42.1 Å². The van der Waals surface area contributed by atoms with E-state index in [1.165, 1.54) is 5.56 Å². The number of benzene rings is 1. The Morgan fingerprint density at radius 1 is 1.23 bits per heavy atom. The van der Waals surface area contributed by atoms with Gasteiger partial charge in [-0.1, -0.05) is 24.3 Å². The summed E-state index contributed by atoms with van der Waals surface area (Å²) in [4.78, 5) is 19.2. The number of likely N-dealkylation sites (tertiary alicyclic amines) is 1. The molecule has 1 N–H and O–H groups in total. The van der Waals surface area contributed by atoms with Gasteiger partial charge < -0.3 is 5.32 Å². The Kier molecular flexibility index (Phi) is 3.54. The van der Waals surface area contributed by atoms with E-state index < -0.39 is 0 Å². The lowest BCUT2D eigenvalue weighted by Gasteiger charge is -2.24. The van der Waals surface area contributed by atoms with Gasteiger partial charge in [0.2, 0.25) is 5.91 Å². The fourth-order valence-electron chi connectivity index (χ4n) is 3.35. The molecule has 4 heteroatoms. The minimum atomic E-state index is 0.0274. The molecule has 1 aliphatic heterocycles. The van der Waals surface area contributed by atoms with Crippen LogP contribution in [0.5, 0.6) is 0 Å². The van der Waals surface area contributed by atoms with Gasteiger partial charge in [0.05, 0.1) is 11.6 Å². The highest BCUT2D eigenvalue weighted by atomic mass is 16.2. The summed E-state index contributed by atoms with van der Waals surface area (Å²) in [5.74, 6) is 0.216. The second-order valence-corrected chi connectivity index (χ2v) is 6.40. The van der Waals surface area contributed by atoms with E-state index in [-0.39, 0.29) is 11.9 Å². The maximum absolute atomic E-state index is 12.4. The van der Waals surface area contributed by atoms with Crippen LogP contribution in [0, 0.1) is 0 Å². The van der Waals surface area contributed by atoms with Crippen molar-refractivity contribution in [2.24, 2.45) is 0 Å². The zero-order valence-electron chi connectivity index (χ0n) is 12.7. The third-order valence-electron chi connectivity index (χ3n) is 4.68. The van der Waals surface area contributed by atoms with Crippen LogP contribution in [0.1, 0.15) is 31.2 Å². The number of rotatable bonds is 4. The lowest BCUT2D eigenvalue weighted by Crippen LogP contribution is -2.43. The fraction of sp³-hybridized carbons (Fsp3) is 0.444. The van der Waals surface area contributed by atoms with Crippen LogP contribution in [0.4, 0.5) is 0 Å². The van der Waals surface area contributed by atoms with Crippen molar-refractivity contribution in [1.82, 2.24) is 15.2 Å². The number of nitrogens with one attached hydrogen (secondary N) is 1. The molecule has 1 aromatic carbocycles. The summed E-state index contributed by atoms with van der Waals surface area (Å²) in [7, 11) is 0. The highest BCUT2D eigenvalue weighted by Crippen LogP contribution is 2.25. The minimum absolute atomic E-state index is 0.0274. The van der Waals surface area contributed by atoms with Crippen molar-refractivity contribution in [3.63, 3.8) is 0 Å². The lowest BCUT2D eigenvalue weighted by molar-refractivity contribution is -0.125. The SMILES string of the molecule is O=C(NC1CC1)C1CCCN1Cc1cccc2cccnc12. The van der Waals surface area contributed by atoms with Crippen molar-refractivity contribution < 1.29 is 4.79 Å². The van der Waals surface area contributed by atoms with Crippen LogP contribution >= 0.6 is 0 Å². The molecule has 1 saturated heterocycles. The smallest absolute Gasteiger partial charge is 0.237 e. The lowest BCUT2D eigenvalue weighted by atomic mass is 10.1. The second kappa shape index (κ2) is 5.69. The molecule has 1 atom stereocenters. The van der Waals surface area contributed by atoms with E-state index in [0.29, 0.717) is 6.04 Å². The first kappa shape index (κ1) is 13.7. The third-order valence-corrected chi connectivity index (χ3v) is 4.68. The van der Waals surface area contributed by atoms with E-state index in [1.807, 2.05) is 12.3 Å². The first-order valence-electron chi connectivity index (χ1n) is 8.18. The molecule has 1 unspecified atom stereocenters. The molecule has 1 amide bonds. The highest BCUT2D eigenvalue weighted by Gasteiger charge is 2.34. The Hall–Kier alpha value is -1.94. The molecule has 0 spiro atoms. The van der Waals surface area contributed by atoms with Gasteiger partial charge >= 0.3 is 0 Å². The molecular formula is C18H21N3O. The maximum atomic E-state index is 12.4. The number of fused-ring (bicyclic) bond motifs is 1. The van der Waals surface area contributed by atoms with Crippen molar-refractivity contribution in [2.75, 3.05) is 6.54 Å². The molecule has 2 fully saturated rings. The molecule has 4 rings (SSSR count). The van der Waals surface area contributed by atoms with Gasteiger partial charge in [0, 0.05) is 24.2 Å². The second-order valence-electron chi connectivity index (χ2n) is 6.40. The highest BCUT2D eigenvalue weighted by molar-refractivity contribution is 5.83. The van der Waals surface area contributed by atoms with Gasteiger partial charge in [-0.2, -0.15) is 0 Å². The van der Waals surface area contributed by atoms with Crippen molar-refractivity contribution >= 4 is 16.8 Å². The Morgan fingerprint density at radius 2 is 2.09 bits per heavy atom. The third kappa shape index (κ3) is 2.71. The molecule has 0 radical (unpaired) electrons. The molecule has 1 saturated carbocycles.